The van der Waals surface area contributed by atoms with E-state index in [1.54, 1.807) is 29.1 Å². The fourth-order valence-electron chi connectivity index (χ4n) is 3.89. The number of H-pyrrole nitrogens is 1. The van der Waals surface area contributed by atoms with Crippen molar-refractivity contribution in [2.45, 2.75) is 19.5 Å². The van der Waals surface area contributed by atoms with Crippen LogP contribution in [0.15, 0.2) is 66.0 Å². The average Bonchev–Trinajstić information content (AvgIpc) is 3.49. The second kappa shape index (κ2) is 9.02. The highest BCUT2D eigenvalue weighted by Crippen LogP contribution is 2.15. The Morgan fingerprint density at radius 2 is 2.00 bits per heavy atom. The Labute approximate surface area is 197 Å². The van der Waals surface area contributed by atoms with Crippen LogP contribution in [0.2, 0.25) is 0 Å². The number of benzene rings is 2. The molecule has 1 amide bonds. The molecule has 0 bridgehead atoms. The molecular formula is C23H20FN7O2S. The van der Waals surface area contributed by atoms with Gasteiger partial charge in [-0.25, -0.2) is 14.5 Å². The van der Waals surface area contributed by atoms with Gasteiger partial charge in [0.15, 0.2) is 0 Å². The van der Waals surface area contributed by atoms with Crippen molar-refractivity contribution >= 4 is 34.8 Å². The lowest BCUT2D eigenvalue weighted by Gasteiger charge is -2.11. The number of carbonyl (C=O) groups is 1. The molecule has 0 aliphatic rings. The van der Waals surface area contributed by atoms with Crippen molar-refractivity contribution in [2.75, 3.05) is 6.54 Å². The van der Waals surface area contributed by atoms with Crippen molar-refractivity contribution < 1.29 is 9.18 Å². The zero-order valence-corrected chi connectivity index (χ0v) is 18.8. The second-order valence-corrected chi connectivity index (χ2v) is 8.21. The Kier molecular flexibility index (Phi) is 5.76. The van der Waals surface area contributed by atoms with E-state index >= 15 is 0 Å². The van der Waals surface area contributed by atoms with E-state index < -0.39 is 5.82 Å². The summed E-state index contributed by atoms with van der Waals surface area (Å²) in [6.07, 6.45) is 5.81. The summed E-state index contributed by atoms with van der Waals surface area (Å²) in [6.45, 7) is 1.30. The van der Waals surface area contributed by atoms with Crippen LogP contribution in [0.4, 0.5) is 4.39 Å². The molecule has 0 atom stereocenters. The van der Waals surface area contributed by atoms with Gasteiger partial charge in [0.05, 0.1) is 17.2 Å². The van der Waals surface area contributed by atoms with Crippen LogP contribution in [-0.4, -0.2) is 41.2 Å². The van der Waals surface area contributed by atoms with Gasteiger partial charge >= 0.3 is 0 Å². The monoisotopic (exact) mass is 477 g/mol. The summed E-state index contributed by atoms with van der Waals surface area (Å²) >= 11 is 5.29. The number of rotatable bonds is 7. The van der Waals surface area contributed by atoms with Gasteiger partial charge in [-0.3, -0.25) is 18.6 Å². The van der Waals surface area contributed by atoms with E-state index in [1.807, 2.05) is 22.9 Å². The van der Waals surface area contributed by atoms with E-state index in [1.165, 1.54) is 22.8 Å². The predicted molar refractivity (Wildman–Crippen MR) is 127 cm³/mol. The summed E-state index contributed by atoms with van der Waals surface area (Å²) in [4.78, 5) is 29.5. The molecule has 2 aromatic carbocycles. The lowest BCUT2D eigenvalue weighted by atomic mass is 10.1. The lowest BCUT2D eigenvalue weighted by Crippen LogP contribution is -2.28. The maximum Gasteiger partial charge on any atom is 0.262 e. The second-order valence-electron chi connectivity index (χ2n) is 7.82. The zero-order chi connectivity index (χ0) is 23.7. The molecule has 3 aromatic heterocycles. The Hall–Kier alpha value is -4.12. The molecule has 0 saturated heterocycles. The molecule has 0 fully saturated rings. The van der Waals surface area contributed by atoms with E-state index in [9.17, 15) is 14.0 Å². The number of imidazole rings is 1. The summed E-state index contributed by atoms with van der Waals surface area (Å²) in [5, 5.41) is 9.94. The standard InChI is InChI=1S/C23H20FN7O2S/c24-17-6-7-19-18(12-17)21(33)30(22-27-28-23(34)31(19)22)10-1-8-26-20(32)16-4-2-15(3-5-16)13-29-11-9-25-14-29/h2-7,9,11-12,14H,1,8,10,13H2,(H,26,32)(H,28,34). The van der Waals surface area contributed by atoms with Crippen LogP contribution in [0.3, 0.4) is 0 Å². The van der Waals surface area contributed by atoms with Crippen molar-refractivity contribution in [1.29, 1.82) is 0 Å². The first-order valence-corrected chi connectivity index (χ1v) is 11.0. The topological polar surface area (TPSA) is 102 Å². The highest BCUT2D eigenvalue weighted by atomic mass is 32.1. The molecule has 3 heterocycles. The zero-order valence-electron chi connectivity index (χ0n) is 17.9. The van der Waals surface area contributed by atoms with E-state index in [-0.39, 0.29) is 23.4 Å². The molecular weight excluding hydrogens is 457 g/mol. The molecule has 9 nitrogen and oxygen atoms in total. The molecule has 0 spiro atoms. The number of amides is 1. The van der Waals surface area contributed by atoms with Crippen LogP contribution in [0.5, 0.6) is 0 Å². The highest BCUT2D eigenvalue weighted by Gasteiger charge is 2.14. The van der Waals surface area contributed by atoms with Crippen molar-refractivity contribution in [1.82, 2.24) is 34.0 Å². The molecule has 0 unspecified atom stereocenters. The molecule has 34 heavy (non-hydrogen) atoms. The van der Waals surface area contributed by atoms with Gasteiger partial charge in [-0.15, -0.1) is 5.10 Å². The Bertz CT molecular complexity index is 1600. The summed E-state index contributed by atoms with van der Waals surface area (Å²) < 4.78 is 19.1. The highest BCUT2D eigenvalue weighted by molar-refractivity contribution is 7.71. The van der Waals surface area contributed by atoms with Gasteiger partial charge < -0.3 is 9.88 Å². The van der Waals surface area contributed by atoms with Crippen LogP contribution in [0, 0.1) is 10.6 Å². The maximum absolute atomic E-state index is 13.8. The molecule has 5 rings (SSSR count). The van der Waals surface area contributed by atoms with Gasteiger partial charge in [-0.05, 0) is 54.5 Å². The fourth-order valence-corrected chi connectivity index (χ4v) is 4.12. The first kappa shape index (κ1) is 21.7. The number of halogens is 1. The van der Waals surface area contributed by atoms with Gasteiger partial charge in [0.1, 0.15) is 5.82 Å². The van der Waals surface area contributed by atoms with Crippen molar-refractivity contribution in [3.8, 4) is 0 Å². The van der Waals surface area contributed by atoms with Crippen LogP contribution >= 0.6 is 12.2 Å². The van der Waals surface area contributed by atoms with E-state index in [4.69, 9.17) is 12.2 Å². The number of hydrogen-bond acceptors (Lipinski definition) is 5. The average molecular weight is 478 g/mol. The quantitative estimate of drug-likeness (QED) is 0.277. The number of fused-ring (bicyclic) bond motifs is 3. The number of nitrogens with zero attached hydrogens (tertiary/aromatic N) is 5. The van der Waals surface area contributed by atoms with Crippen LogP contribution in [0.25, 0.3) is 16.7 Å². The van der Waals surface area contributed by atoms with Gasteiger partial charge in [0.2, 0.25) is 10.5 Å². The molecule has 2 N–H and O–H groups in total. The Morgan fingerprint density at radius 1 is 1.18 bits per heavy atom. The maximum atomic E-state index is 13.8. The first-order chi connectivity index (χ1) is 16.5. The summed E-state index contributed by atoms with van der Waals surface area (Å²) in [5.41, 5.74) is 1.73. The summed E-state index contributed by atoms with van der Waals surface area (Å²) in [6, 6.07) is 11.3. The van der Waals surface area contributed by atoms with Gasteiger partial charge in [0.25, 0.3) is 11.5 Å². The van der Waals surface area contributed by atoms with Crippen molar-refractivity contribution in [3.05, 3.63) is 93.3 Å². The van der Waals surface area contributed by atoms with E-state index in [0.29, 0.717) is 41.1 Å². The third-order valence-corrected chi connectivity index (χ3v) is 5.83. The largest absolute Gasteiger partial charge is 0.352 e. The fraction of sp³-hybridized carbons (Fsp3) is 0.174. The summed E-state index contributed by atoms with van der Waals surface area (Å²) in [5.74, 6) is -0.364. The summed E-state index contributed by atoms with van der Waals surface area (Å²) in [7, 11) is 0. The number of nitrogens with one attached hydrogen (secondary N) is 2. The van der Waals surface area contributed by atoms with Crippen molar-refractivity contribution in [2.24, 2.45) is 0 Å². The van der Waals surface area contributed by atoms with Gasteiger partial charge in [-0.2, -0.15) is 0 Å². The molecule has 172 valence electrons. The predicted octanol–water partition coefficient (Wildman–Crippen LogP) is 2.91. The van der Waals surface area contributed by atoms with E-state index in [0.717, 1.165) is 5.56 Å². The van der Waals surface area contributed by atoms with Crippen LogP contribution in [0.1, 0.15) is 22.3 Å². The SMILES string of the molecule is O=C(NCCCn1c(=O)c2cc(F)ccc2n2c(=S)[nH]nc12)c1ccc(Cn2ccnc2)cc1. The molecule has 5 aromatic rings. The Balaban J connectivity index is 1.26. The van der Waals surface area contributed by atoms with Crippen molar-refractivity contribution in [3.63, 3.8) is 0 Å². The smallest absolute Gasteiger partial charge is 0.262 e. The van der Waals surface area contributed by atoms with E-state index in [2.05, 4.69) is 20.5 Å². The molecule has 0 saturated carbocycles. The van der Waals surface area contributed by atoms with Crippen LogP contribution < -0.4 is 10.9 Å². The Morgan fingerprint density at radius 3 is 2.76 bits per heavy atom. The third kappa shape index (κ3) is 4.13. The molecule has 11 heteroatoms. The number of carbonyl (C=O) groups excluding carboxylic acids is 1. The molecule has 0 radical (unpaired) electrons. The first-order valence-electron chi connectivity index (χ1n) is 10.6. The normalized spacial score (nSPS) is 11.3. The number of aryl methyl sites for hydroxylation is 1. The van der Waals surface area contributed by atoms with Gasteiger partial charge in [-0.1, -0.05) is 12.1 Å². The minimum Gasteiger partial charge on any atom is -0.352 e. The number of hydrogen-bond donors (Lipinski definition) is 2. The van der Waals surface area contributed by atoms with Gasteiger partial charge in [0, 0.05) is 37.6 Å². The number of aromatic nitrogens is 6. The minimum absolute atomic E-state index is 0.200. The van der Waals surface area contributed by atoms with Crippen LogP contribution in [-0.2, 0) is 13.1 Å². The lowest BCUT2D eigenvalue weighted by molar-refractivity contribution is 0.0952. The molecule has 0 aliphatic heterocycles. The molecule has 0 aliphatic carbocycles. The number of aromatic amines is 1. The minimum atomic E-state index is -0.506. The third-order valence-electron chi connectivity index (χ3n) is 5.56.